The summed E-state index contributed by atoms with van der Waals surface area (Å²) in [6, 6.07) is 7.92. The fraction of sp³-hybridized carbons (Fsp3) is 0.600. The normalized spacial score (nSPS) is 26.5. The van der Waals surface area contributed by atoms with E-state index >= 15 is 0 Å². The lowest BCUT2D eigenvalue weighted by molar-refractivity contribution is -0.131. The number of nitrogens with zero attached hydrogens (tertiary/aromatic N) is 1. The van der Waals surface area contributed by atoms with Crippen LogP contribution in [0.1, 0.15) is 45.6 Å². The zero-order valence-electron chi connectivity index (χ0n) is 15.8. The lowest BCUT2D eigenvalue weighted by Gasteiger charge is -2.27. The van der Waals surface area contributed by atoms with E-state index in [1.54, 1.807) is 6.92 Å². The van der Waals surface area contributed by atoms with Gasteiger partial charge in [0.2, 0.25) is 11.8 Å². The molecule has 3 N–H and O–H groups in total. The molecule has 0 aromatic heterocycles. The molecule has 4 atom stereocenters. The van der Waals surface area contributed by atoms with Gasteiger partial charge in [0.05, 0.1) is 5.92 Å². The number of carbonyl (C=O) groups excluding carboxylic acids is 2. The van der Waals surface area contributed by atoms with Crippen molar-refractivity contribution in [2.24, 2.45) is 23.5 Å². The second-order valence-electron chi connectivity index (χ2n) is 7.86. The van der Waals surface area contributed by atoms with Crippen LogP contribution < -0.4 is 11.1 Å². The van der Waals surface area contributed by atoms with Gasteiger partial charge < -0.3 is 16.0 Å². The standard InChI is InChI=1S/C20H29N3O2.ClH/c1-12(2)23(13(3)24)11-14-4-8-17(9-5-14)22-20(25)18-15-6-7-16(10-15)19(18)21;/h4-5,8-9,12,15-16,18-19H,6-7,10-11,21H2,1-3H3,(H,22,25);1H. The number of hydrogen-bond acceptors (Lipinski definition) is 3. The van der Waals surface area contributed by atoms with Crippen molar-refractivity contribution in [3.8, 4) is 0 Å². The fourth-order valence-corrected chi connectivity index (χ4v) is 4.50. The summed E-state index contributed by atoms with van der Waals surface area (Å²) < 4.78 is 0. The maximum Gasteiger partial charge on any atom is 0.229 e. The smallest absolute Gasteiger partial charge is 0.229 e. The number of rotatable bonds is 5. The van der Waals surface area contributed by atoms with Crippen LogP contribution in [0, 0.1) is 17.8 Å². The lowest BCUT2D eigenvalue weighted by Crippen LogP contribution is -2.42. The van der Waals surface area contributed by atoms with Crippen LogP contribution in [0.2, 0.25) is 0 Å². The first kappa shape index (κ1) is 20.7. The molecule has 2 amide bonds. The summed E-state index contributed by atoms with van der Waals surface area (Å²) in [5.74, 6) is 1.05. The minimum atomic E-state index is -0.0485. The second kappa shape index (κ2) is 8.40. The van der Waals surface area contributed by atoms with Gasteiger partial charge in [0.15, 0.2) is 0 Å². The summed E-state index contributed by atoms with van der Waals surface area (Å²) in [7, 11) is 0. The van der Waals surface area contributed by atoms with Gasteiger partial charge in [-0.3, -0.25) is 9.59 Å². The molecule has 0 saturated heterocycles. The number of halogens is 1. The van der Waals surface area contributed by atoms with Crippen LogP contribution in [0.4, 0.5) is 5.69 Å². The van der Waals surface area contributed by atoms with E-state index in [2.05, 4.69) is 5.32 Å². The van der Waals surface area contributed by atoms with Crippen molar-refractivity contribution in [1.29, 1.82) is 0 Å². The first-order valence-corrected chi connectivity index (χ1v) is 9.29. The Morgan fingerprint density at radius 2 is 1.81 bits per heavy atom. The van der Waals surface area contributed by atoms with Gasteiger partial charge in [-0.1, -0.05) is 12.1 Å². The number of fused-ring (bicyclic) bond motifs is 2. The molecule has 0 aliphatic heterocycles. The number of carbonyl (C=O) groups is 2. The predicted octanol–water partition coefficient (Wildman–Crippen LogP) is 3.18. The molecule has 4 unspecified atom stereocenters. The first-order valence-electron chi connectivity index (χ1n) is 9.29. The van der Waals surface area contributed by atoms with E-state index in [4.69, 9.17) is 5.73 Å². The van der Waals surface area contributed by atoms with E-state index in [0.29, 0.717) is 18.4 Å². The van der Waals surface area contributed by atoms with Crippen molar-refractivity contribution >= 4 is 29.9 Å². The Bertz CT molecular complexity index is 645. The van der Waals surface area contributed by atoms with Crippen LogP contribution in [0.3, 0.4) is 0 Å². The van der Waals surface area contributed by atoms with Crippen LogP contribution in [0.25, 0.3) is 0 Å². The van der Waals surface area contributed by atoms with Gasteiger partial charge in [-0.05, 0) is 62.6 Å². The SMILES string of the molecule is CC(=O)N(Cc1ccc(NC(=O)C2C3CCC(C3)C2N)cc1)C(C)C.Cl. The molecule has 0 heterocycles. The molecule has 6 heteroatoms. The van der Waals surface area contributed by atoms with Gasteiger partial charge >= 0.3 is 0 Å². The average molecular weight is 380 g/mol. The highest BCUT2D eigenvalue weighted by atomic mass is 35.5. The summed E-state index contributed by atoms with van der Waals surface area (Å²) in [6.07, 6.45) is 3.41. The molecule has 2 aliphatic rings. The molecule has 2 bridgehead atoms. The Morgan fingerprint density at radius 3 is 2.31 bits per heavy atom. The van der Waals surface area contributed by atoms with E-state index in [1.165, 1.54) is 6.42 Å². The van der Waals surface area contributed by atoms with Crippen molar-refractivity contribution in [1.82, 2.24) is 4.90 Å². The van der Waals surface area contributed by atoms with Crippen molar-refractivity contribution in [2.75, 3.05) is 5.32 Å². The molecule has 144 valence electrons. The van der Waals surface area contributed by atoms with Crippen molar-refractivity contribution in [3.05, 3.63) is 29.8 Å². The van der Waals surface area contributed by atoms with E-state index in [-0.39, 0.29) is 42.2 Å². The van der Waals surface area contributed by atoms with Crippen molar-refractivity contribution < 1.29 is 9.59 Å². The molecule has 0 spiro atoms. The van der Waals surface area contributed by atoms with Crippen LogP contribution >= 0.6 is 12.4 Å². The summed E-state index contributed by atoms with van der Waals surface area (Å²) >= 11 is 0. The van der Waals surface area contributed by atoms with Crippen LogP contribution in [-0.4, -0.2) is 28.8 Å². The van der Waals surface area contributed by atoms with E-state index < -0.39 is 0 Å². The molecule has 2 fully saturated rings. The summed E-state index contributed by atoms with van der Waals surface area (Å²) in [5, 5.41) is 3.03. The van der Waals surface area contributed by atoms with Crippen LogP contribution in [-0.2, 0) is 16.1 Å². The van der Waals surface area contributed by atoms with Crippen LogP contribution in [0.15, 0.2) is 24.3 Å². The molecule has 26 heavy (non-hydrogen) atoms. The van der Waals surface area contributed by atoms with Gasteiger partial charge in [0.1, 0.15) is 0 Å². The monoisotopic (exact) mass is 379 g/mol. The maximum absolute atomic E-state index is 12.6. The number of hydrogen-bond donors (Lipinski definition) is 2. The average Bonchev–Trinajstić information content (AvgIpc) is 3.14. The minimum absolute atomic E-state index is 0. The predicted molar refractivity (Wildman–Crippen MR) is 106 cm³/mol. The van der Waals surface area contributed by atoms with Crippen molar-refractivity contribution in [2.45, 2.75) is 58.7 Å². The van der Waals surface area contributed by atoms with Gasteiger partial charge in [-0.15, -0.1) is 12.4 Å². The van der Waals surface area contributed by atoms with Gasteiger partial charge in [-0.2, -0.15) is 0 Å². The van der Waals surface area contributed by atoms with E-state index in [0.717, 1.165) is 24.1 Å². The fourth-order valence-electron chi connectivity index (χ4n) is 4.50. The molecule has 5 nitrogen and oxygen atoms in total. The van der Waals surface area contributed by atoms with E-state index in [9.17, 15) is 9.59 Å². The third-order valence-corrected chi connectivity index (χ3v) is 5.89. The Kier molecular flexibility index (Phi) is 6.69. The highest BCUT2D eigenvalue weighted by molar-refractivity contribution is 5.93. The Hall–Kier alpha value is -1.59. The van der Waals surface area contributed by atoms with Gasteiger partial charge in [0.25, 0.3) is 0 Å². The van der Waals surface area contributed by atoms with Crippen molar-refractivity contribution in [3.63, 3.8) is 0 Å². The largest absolute Gasteiger partial charge is 0.336 e. The molecular weight excluding hydrogens is 350 g/mol. The third kappa shape index (κ3) is 4.21. The number of amides is 2. The lowest BCUT2D eigenvalue weighted by atomic mass is 9.84. The quantitative estimate of drug-likeness (QED) is 0.824. The third-order valence-electron chi connectivity index (χ3n) is 5.89. The summed E-state index contributed by atoms with van der Waals surface area (Å²) in [6.45, 7) is 6.19. The number of nitrogens with two attached hydrogens (primary N) is 1. The van der Waals surface area contributed by atoms with E-state index in [1.807, 2.05) is 43.0 Å². The molecule has 1 aromatic rings. The molecule has 1 aromatic carbocycles. The maximum atomic E-state index is 12.6. The molecule has 3 rings (SSSR count). The minimum Gasteiger partial charge on any atom is -0.336 e. The second-order valence-corrected chi connectivity index (χ2v) is 7.86. The molecule has 0 radical (unpaired) electrons. The Balaban J connectivity index is 0.00000243. The highest BCUT2D eigenvalue weighted by Gasteiger charge is 2.49. The number of anilines is 1. The topological polar surface area (TPSA) is 75.4 Å². The van der Waals surface area contributed by atoms with Gasteiger partial charge in [0, 0.05) is 31.2 Å². The highest BCUT2D eigenvalue weighted by Crippen LogP contribution is 2.47. The molecule has 2 saturated carbocycles. The zero-order chi connectivity index (χ0) is 18.1. The summed E-state index contributed by atoms with van der Waals surface area (Å²) in [4.78, 5) is 26.1. The number of nitrogens with one attached hydrogen (secondary N) is 1. The van der Waals surface area contributed by atoms with Crippen LogP contribution in [0.5, 0.6) is 0 Å². The first-order chi connectivity index (χ1) is 11.9. The molecule has 2 aliphatic carbocycles. The molecular formula is C20H30ClN3O2. The summed E-state index contributed by atoms with van der Waals surface area (Å²) in [5.41, 5.74) is 8.10. The Labute approximate surface area is 162 Å². The zero-order valence-corrected chi connectivity index (χ0v) is 16.6. The van der Waals surface area contributed by atoms with Gasteiger partial charge in [-0.25, -0.2) is 0 Å². The Morgan fingerprint density at radius 1 is 1.19 bits per heavy atom. The number of benzene rings is 1.